The third kappa shape index (κ3) is 11.7. The Morgan fingerprint density at radius 2 is 1.31 bits per heavy atom. The van der Waals surface area contributed by atoms with Crippen LogP contribution in [0.4, 0.5) is 5.69 Å². The fraction of sp³-hybridized carbons (Fsp3) is 0.414. The molecule has 0 amide bonds. The first-order valence-corrected chi connectivity index (χ1v) is 31.0. The molecule has 0 spiro atoms. The maximum atomic E-state index is 14.4. The van der Waals surface area contributed by atoms with E-state index < -0.39 is 0 Å². The highest BCUT2D eigenvalue weighted by Gasteiger charge is 2.45. The van der Waals surface area contributed by atoms with Crippen LogP contribution >= 0.6 is 23.1 Å². The van der Waals surface area contributed by atoms with Crippen molar-refractivity contribution in [2.75, 3.05) is 11.4 Å². The van der Waals surface area contributed by atoms with Crippen LogP contribution in [0, 0.1) is 16.7 Å². The summed E-state index contributed by atoms with van der Waals surface area (Å²) in [4.78, 5) is 17.9. The van der Waals surface area contributed by atoms with Crippen LogP contribution < -0.4 is 9.47 Å². The zero-order valence-electron chi connectivity index (χ0n) is 47.1. The molecule has 9 rings (SSSR count). The van der Waals surface area contributed by atoms with Gasteiger partial charge < -0.3 is 4.90 Å². The topological polar surface area (TPSA) is 71.8 Å². The third-order valence-corrected chi connectivity index (χ3v) is 18.8. The molecule has 0 bridgehead atoms. The van der Waals surface area contributed by atoms with Gasteiger partial charge >= 0.3 is 0 Å². The van der Waals surface area contributed by atoms with Crippen LogP contribution in [0.1, 0.15) is 201 Å². The van der Waals surface area contributed by atoms with Crippen molar-refractivity contribution in [2.24, 2.45) is 0 Å². The minimum atomic E-state index is -0.257. The molecule has 77 heavy (non-hydrogen) atoms. The number of Topliss-reactive ketones (excluding diaryl/α,β-unsaturated/α-hetero) is 1. The zero-order valence-corrected chi connectivity index (χ0v) is 48.8. The summed E-state index contributed by atoms with van der Waals surface area (Å²) in [6, 6.07) is 41.8. The van der Waals surface area contributed by atoms with Crippen molar-refractivity contribution in [2.45, 2.75) is 186 Å². The lowest BCUT2D eigenvalue weighted by Gasteiger charge is -2.35. The minimum Gasteiger partial charge on any atom is -0.335 e. The van der Waals surface area contributed by atoms with Gasteiger partial charge in [-0.25, -0.2) is 0 Å². The number of thioether (sulfide) groups is 1. The molecule has 0 saturated heterocycles. The maximum absolute atomic E-state index is 14.4. The van der Waals surface area contributed by atoms with Crippen molar-refractivity contribution in [1.82, 2.24) is 0 Å². The quantitative estimate of drug-likeness (QED) is 0.0193. The highest BCUT2D eigenvalue weighted by atomic mass is 32.2. The van der Waals surface area contributed by atoms with E-state index in [1.807, 2.05) is 18.2 Å². The molecule has 0 saturated carbocycles. The van der Waals surface area contributed by atoms with Gasteiger partial charge in [0.25, 0.3) is 5.01 Å². The number of allylic oxidation sites excluding steroid dienone is 5. The minimum absolute atomic E-state index is 0.0871. The SMILES string of the molecule is CCCCCCc1cc(CCCCCC)cc(C2(CCCCCC[n+]3c(/C=C4\C(=O)C(/C=C5\Sc6ccccc6N5CCCC)=C4C(=C=N)C#N)sc4ccccc43)c3cc(C(C)C)ccc3-c3ccc(C(C)C)cc32)c1. The molecular formula is C70H81N4OS2+. The Kier molecular flexibility index (Phi) is 18.5. The number of thiazole rings is 1. The second-order valence-electron chi connectivity index (χ2n) is 22.6. The number of hydrogen-bond acceptors (Lipinski definition) is 6. The molecule has 2 aliphatic carbocycles. The number of hydrogen-bond donors (Lipinski definition) is 1. The van der Waals surface area contributed by atoms with Crippen LogP contribution in [0.5, 0.6) is 0 Å². The summed E-state index contributed by atoms with van der Waals surface area (Å²) in [6.45, 7) is 17.8. The number of nitrogens with one attached hydrogen (secondary N) is 1. The Morgan fingerprint density at radius 3 is 1.94 bits per heavy atom. The summed E-state index contributed by atoms with van der Waals surface area (Å²) < 4.78 is 3.54. The Balaban J connectivity index is 1.02. The Hall–Kier alpha value is -6.03. The number of unbranched alkanes of at least 4 members (excludes halogenated alkanes) is 10. The monoisotopic (exact) mass is 1060 g/mol. The molecule has 398 valence electrons. The lowest BCUT2D eigenvalue weighted by Crippen LogP contribution is -2.35. The predicted molar refractivity (Wildman–Crippen MR) is 327 cm³/mol. The van der Waals surface area contributed by atoms with E-state index in [-0.39, 0.29) is 16.8 Å². The van der Waals surface area contributed by atoms with Crippen molar-refractivity contribution in [3.05, 3.63) is 180 Å². The summed E-state index contributed by atoms with van der Waals surface area (Å²) in [5.41, 5.74) is 16.7. The van der Waals surface area contributed by atoms with E-state index in [0.29, 0.717) is 28.6 Å². The van der Waals surface area contributed by atoms with E-state index >= 15 is 0 Å². The summed E-state index contributed by atoms with van der Waals surface area (Å²) in [6.07, 6.45) is 23.7. The number of benzene rings is 5. The van der Waals surface area contributed by atoms with Crippen LogP contribution in [-0.4, -0.2) is 18.2 Å². The largest absolute Gasteiger partial charge is 0.335 e. The molecule has 0 unspecified atom stereocenters. The molecule has 1 aliphatic heterocycles. The number of aromatic nitrogens is 1. The van der Waals surface area contributed by atoms with Gasteiger partial charge in [-0.15, -0.1) is 0 Å². The summed E-state index contributed by atoms with van der Waals surface area (Å²) in [5, 5.41) is 20.4. The third-order valence-electron chi connectivity index (χ3n) is 16.6. The first kappa shape index (κ1) is 55.7. The highest BCUT2D eigenvalue weighted by Crippen LogP contribution is 2.57. The van der Waals surface area contributed by atoms with Gasteiger partial charge in [-0.1, -0.05) is 208 Å². The van der Waals surface area contributed by atoms with Crippen molar-refractivity contribution >= 4 is 56.7 Å². The summed E-state index contributed by atoms with van der Waals surface area (Å²) in [5.74, 6) is 3.16. The van der Waals surface area contributed by atoms with Crippen molar-refractivity contribution in [3.8, 4) is 17.2 Å². The standard InChI is InChI=1S/C70H81N4OS2/c1-8-11-14-18-26-50-39-51(27-19-15-12-9-2)41-55(40-50)70(60-42-52(48(4)5)32-34-56(60)57-35-33-53(49(6)7)43-61(57)70)36-24-16-17-25-38-74-63-29-21-23-31-65(63)77-67(74)45-59-68(54(46-71)47-72)58(69(59)75)44-66-73(37-13-10-3)62-28-20-22-30-64(62)76-66/h20-23,28-35,39-45,48-49,71H,8-19,24-27,36-38H2,1-7H3/q+1. The van der Waals surface area contributed by atoms with Crippen LogP contribution in [-0.2, 0) is 29.6 Å². The first-order valence-electron chi connectivity index (χ1n) is 29.4. The van der Waals surface area contributed by atoms with Gasteiger partial charge in [-0.2, -0.15) is 9.83 Å². The summed E-state index contributed by atoms with van der Waals surface area (Å²) >= 11 is 3.34. The molecule has 7 heteroatoms. The van der Waals surface area contributed by atoms with Crippen molar-refractivity contribution < 1.29 is 9.36 Å². The normalized spacial score (nSPS) is 15.4. The number of nitriles is 1. The molecule has 3 aliphatic rings. The number of carbonyl (C=O) groups excluding carboxylic acids is 1. The van der Waals surface area contributed by atoms with E-state index in [2.05, 4.69) is 167 Å². The predicted octanol–water partition coefficient (Wildman–Crippen LogP) is 18.9. The number of rotatable bonds is 26. The van der Waals surface area contributed by atoms with Gasteiger partial charge in [-0.05, 0) is 137 Å². The Bertz CT molecular complexity index is 3230. The molecule has 5 aromatic carbocycles. The average molecular weight is 1060 g/mol. The highest BCUT2D eigenvalue weighted by molar-refractivity contribution is 8.03. The lowest BCUT2D eigenvalue weighted by atomic mass is 9.67. The van der Waals surface area contributed by atoms with E-state index in [4.69, 9.17) is 5.41 Å². The van der Waals surface area contributed by atoms with Crippen LogP contribution in [0.2, 0.25) is 0 Å². The van der Waals surface area contributed by atoms with E-state index in [1.54, 1.807) is 23.1 Å². The van der Waals surface area contributed by atoms with Gasteiger partial charge in [0.2, 0.25) is 5.52 Å². The molecule has 5 nitrogen and oxygen atoms in total. The molecule has 0 atom stereocenters. The fourth-order valence-electron chi connectivity index (χ4n) is 12.2. The van der Waals surface area contributed by atoms with Crippen molar-refractivity contribution in [3.63, 3.8) is 0 Å². The number of nitrogens with zero attached hydrogens (tertiary/aromatic N) is 3. The van der Waals surface area contributed by atoms with Gasteiger partial charge in [0.05, 0.1) is 10.7 Å². The fourth-order valence-corrected chi connectivity index (χ4v) is 14.5. The van der Waals surface area contributed by atoms with Gasteiger partial charge in [0.1, 0.15) is 16.3 Å². The van der Waals surface area contributed by atoms with E-state index in [9.17, 15) is 10.1 Å². The Morgan fingerprint density at radius 1 is 0.701 bits per heavy atom. The van der Waals surface area contributed by atoms with E-state index in [1.165, 1.54) is 101 Å². The van der Waals surface area contributed by atoms with Crippen molar-refractivity contribution in [1.29, 1.82) is 10.7 Å². The molecule has 0 fully saturated rings. The maximum Gasteiger partial charge on any atom is 0.263 e. The second kappa shape index (κ2) is 25.6. The number of fused-ring (bicyclic) bond motifs is 5. The van der Waals surface area contributed by atoms with Gasteiger partial charge in [-0.3, -0.25) is 10.2 Å². The number of aryl methyl sites for hydroxylation is 3. The lowest BCUT2D eigenvalue weighted by molar-refractivity contribution is -0.669. The van der Waals surface area contributed by atoms with E-state index in [0.717, 1.165) is 102 Å². The number of carbonyl (C=O) groups is 1. The number of anilines is 1. The summed E-state index contributed by atoms with van der Waals surface area (Å²) in [7, 11) is 0. The molecule has 1 N–H and O–H groups in total. The average Bonchev–Trinajstić information content (AvgIpc) is 4.21. The van der Waals surface area contributed by atoms with Crippen LogP contribution in [0.15, 0.2) is 141 Å². The number of ketones is 1. The smallest absolute Gasteiger partial charge is 0.263 e. The Labute approximate surface area is 469 Å². The molecule has 2 heterocycles. The molecule has 6 aromatic rings. The van der Waals surface area contributed by atoms with Gasteiger partial charge in [0, 0.05) is 52.1 Å². The second-order valence-corrected chi connectivity index (χ2v) is 24.7. The van der Waals surface area contributed by atoms with Crippen LogP contribution in [0.3, 0.4) is 0 Å². The van der Waals surface area contributed by atoms with Crippen LogP contribution in [0.25, 0.3) is 27.4 Å². The molecular weight excluding hydrogens is 977 g/mol. The zero-order chi connectivity index (χ0) is 54.1. The molecule has 1 aromatic heterocycles. The number of para-hydroxylation sites is 2. The molecule has 0 radical (unpaired) electrons. The first-order chi connectivity index (χ1) is 37.5. The van der Waals surface area contributed by atoms with Gasteiger partial charge in [0.15, 0.2) is 12.3 Å².